The normalized spacial score (nSPS) is 11.3. The van der Waals surface area contributed by atoms with E-state index in [0.29, 0.717) is 17.3 Å². The highest BCUT2D eigenvalue weighted by Gasteiger charge is 2.27. The predicted octanol–water partition coefficient (Wildman–Crippen LogP) is 5.07. The van der Waals surface area contributed by atoms with Crippen LogP contribution in [0.3, 0.4) is 0 Å². The van der Waals surface area contributed by atoms with Crippen molar-refractivity contribution in [3.8, 4) is 5.75 Å². The highest BCUT2D eigenvalue weighted by atomic mass is 35.5. The summed E-state index contributed by atoms with van der Waals surface area (Å²) in [5.74, 6) is 0.438. The summed E-state index contributed by atoms with van der Waals surface area (Å²) in [6, 6.07) is 22.4. The Balaban J connectivity index is 1.61. The van der Waals surface area contributed by atoms with Crippen molar-refractivity contribution in [3.05, 3.63) is 89.4 Å². The van der Waals surface area contributed by atoms with Crippen molar-refractivity contribution in [1.29, 1.82) is 0 Å². The molecule has 8 heteroatoms. The molecule has 180 valence electrons. The van der Waals surface area contributed by atoms with Gasteiger partial charge in [0, 0.05) is 11.6 Å². The monoisotopic (exact) mass is 500 g/mol. The molecule has 3 rings (SSSR count). The zero-order valence-corrected chi connectivity index (χ0v) is 20.9. The van der Waals surface area contributed by atoms with Crippen LogP contribution < -0.4 is 14.4 Å². The molecule has 0 aromatic heterocycles. The number of halogens is 1. The molecule has 34 heavy (non-hydrogen) atoms. The number of anilines is 1. The fraction of sp³-hybridized carbons (Fsp3) is 0.269. The van der Waals surface area contributed by atoms with Gasteiger partial charge in [-0.2, -0.15) is 0 Å². The highest BCUT2D eigenvalue weighted by Crippen LogP contribution is 2.26. The van der Waals surface area contributed by atoms with Gasteiger partial charge in [0.05, 0.1) is 16.7 Å². The van der Waals surface area contributed by atoms with E-state index in [1.165, 1.54) is 18.2 Å². The second-order valence-electron chi connectivity index (χ2n) is 8.07. The van der Waals surface area contributed by atoms with Gasteiger partial charge in [0.15, 0.2) is 0 Å². The molecule has 0 fully saturated rings. The lowest BCUT2D eigenvalue weighted by Gasteiger charge is -2.24. The van der Waals surface area contributed by atoms with Crippen LogP contribution in [0.2, 0.25) is 5.02 Å². The zero-order valence-electron chi connectivity index (χ0n) is 19.3. The smallest absolute Gasteiger partial charge is 0.264 e. The standard InChI is InChI=1S/C26H29ClN2O4S/c1-20(2)33-24-15-13-21(14-16-24)8-7-17-28-26(30)19-29(23-10-6-9-22(27)18-23)34(31,32)25-11-4-3-5-12-25/h3-6,9-16,18,20H,7-8,17,19H2,1-2H3,(H,28,30). The third-order valence-electron chi connectivity index (χ3n) is 4.97. The fourth-order valence-corrected chi connectivity index (χ4v) is 5.00. The Morgan fingerprint density at radius 1 is 1.00 bits per heavy atom. The molecule has 0 atom stereocenters. The third kappa shape index (κ3) is 7.23. The molecule has 0 aliphatic heterocycles. The molecule has 0 spiro atoms. The van der Waals surface area contributed by atoms with E-state index in [4.69, 9.17) is 16.3 Å². The molecule has 0 saturated heterocycles. The fourth-order valence-electron chi connectivity index (χ4n) is 3.38. The Hall–Kier alpha value is -3.03. The average molecular weight is 501 g/mol. The first-order valence-corrected chi connectivity index (χ1v) is 12.9. The first-order chi connectivity index (χ1) is 16.3. The molecule has 1 N–H and O–H groups in total. The number of carbonyl (C=O) groups excluding carboxylic acids is 1. The molecule has 0 aliphatic rings. The van der Waals surface area contributed by atoms with Gasteiger partial charge in [-0.1, -0.05) is 48.0 Å². The van der Waals surface area contributed by atoms with Crippen LogP contribution in [-0.4, -0.2) is 33.5 Å². The Morgan fingerprint density at radius 2 is 1.71 bits per heavy atom. The van der Waals surface area contributed by atoms with Gasteiger partial charge < -0.3 is 10.1 Å². The van der Waals surface area contributed by atoms with Crippen molar-refractivity contribution in [2.45, 2.75) is 37.7 Å². The molecule has 3 aromatic carbocycles. The molecule has 0 bridgehead atoms. The Morgan fingerprint density at radius 3 is 2.35 bits per heavy atom. The summed E-state index contributed by atoms with van der Waals surface area (Å²) >= 11 is 6.09. The van der Waals surface area contributed by atoms with Gasteiger partial charge in [-0.05, 0) is 74.7 Å². The molecule has 0 radical (unpaired) electrons. The summed E-state index contributed by atoms with van der Waals surface area (Å²) in [4.78, 5) is 12.8. The zero-order chi connectivity index (χ0) is 24.6. The van der Waals surface area contributed by atoms with E-state index in [9.17, 15) is 13.2 Å². The quantitative estimate of drug-likeness (QED) is 0.373. The Bertz CT molecular complexity index is 1180. The molecule has 0 heterocycles. The van der Waals surface area contributed by atoms with Crippen LogP contribution in [0.4, 0.5) is 5.69 Å². The molecule has 1 amide bonds. The first kappa shape index (κ1) is 25.6. The maximum absolute atomic E-state index is 13.3. The van der Waals surface area contributed by atoms with Crippen molar-refractivity contribution in [2.24, 2.45) is 0 Å². The second-order valence-corrected chi connectivity index (χ2v) is 10.4. The summed E-state index contributed by atoms with van der Waals surface area (Å²) < 4.78 is 33.3. The van der Waals surface area contributed by atoms with Crippen LogP contribution in [0.5, 0.6) is 5.75 Å². The minimum atomic E-state index is -3.95. The molecule has 3 aromatic rings. The van der Waals surface area contributed by atoms with E-state index in [0.717, 1.165) is 28.5 Å². The van der Waals surface area contributed by atoms with Gasteiger partial charge in [0.2, 0.25) is 5.91 Å². The van der Waals surface area contributed by atoms with E-state index >= 15 is 0 Å². The number of hydrogen-bond acceptors (Lipinski definition) is 4. The van der Waals surface area contributed by atoms with Crippen LogP contribution >= 0.6 is 11.6 Å². The summed E-state index contributed by atoms with van der Waals surface area (Å²) in [6.07, 6.45) is 1.62. The summed E-state index contributed by atoms with van der Waals surface area (Å²) in [7, 11) is -3.95. The van der Waals surface area contributed by atoms with Gasteiger partial charge in [0.25, 0.3) is 10.0 Å². The van der Waals surface area contributed by atoms with Crippen LogP contribution in [0.25, 0.3) is 0 Å². The number of sulfonamides is 1. The third-order valence-corrected chi connectivity index (χ3v) is 7.00. The average Bonchev–Trinajstić information content (AvgIpc) is 2.81. The molecule has 0 saturated carbocycles. The number of amides is 1. The number of ether oxygens (including phenoxy) is 1. The van der Waals surface area contributed by atoms with Gasteiger partial charge >= 0.3 is 0 Å². The Labute approximate surface area is 206 Å². The lowest BCUT2D eigenvalue weighted by molar-refractivity contribution is -0.119. The van der Waals surface area contributed by atoms with E-state index in [2.05, 4.69) is 5.32 Å². The van der Waals surface area contributed by atoms with Crippen molar-refractivity contribution < 1.29 is 17.9 Å². The van der Waals surface area contributed by atoms with Gasteiger partial charge in [-0.15, -0.1) is 0 Å². The van der Waals surface area contributed by atoms with Crippen LogP contribution in [0, 0.1) is 0 Å². The lowest BCUT2D eigenvalue weighted by Crippen LogP contribution is -2.41. The van der Waals surface area contributed by atoms with Crippen molar-refractivity contribution in [3.63, 3.8) is 0 Å². The van der Waals surface area contributed by atoms with Gasteiger partial charge in [-0.3, -0.25) is 9.10 Å². The van der Waals surface area contributed by atoms with Crippen molar-refractivity contribution in [2.75, 3.05) is 17.4 Å². The van der Waals surface area contributed by atoms with Gasteiger partial charge in [-0.25, -0.2) is 8.42 Å². The predicted molar refractivity (Wildman–Crippen MR) is 136 cm³/mol. The summed E-state index contributed by atoms with van der Waals surface area (Å²) in [6.45, 7) is 4.04. The largest absolute Gasteiger partial charge is 0.491 e. The number of rotatable bonds is 11. The molecule has 6 nitrogen and oxygen atoms in total. The maximum Gasteiger partial charge on any atom is 0.264 e. The van der Waals surface area contributed by atoms with E-state index in [-0.39, 0.29) is 23.5 Å². The SMILES string of the molecule is CC(C)Oc1ccc(CCCNC(=O)CN(c2cccc(Cl)c2)S(=O)(=O)c2ccccc2)cc1. The van der Waals surface area contributed by atoms with Crippen LogP contribution in [0.1, 0.15) is 25.8 Å². The summed E-state index contributed by atoms with van der Waals surface area (Å²) in [5, 5.41) is 3.21. The number of hydrogen-bond donors (Lipinski definition) is 1. The number of nitrogens with zero attached hydrogens (tertiary/aromatic N) is 1. The van der Waals surface area contributed by atoms with Crippen molar-refractivity contribution in [1.82, 2.24) is 5.32 Å². The van der Waals surface area contributed by atoms with Gasteiger partial charge in [0.1, 0.15) is 12.3 Å². The molecular formula is C26H29ClN2O4S. The number of nitrogens with one attached hydrogen (secondary N) is 1. The van der Waals surface area contributed by atoms with Crippen molar-refractivity contribution >= 4 is 33.2 Å². The Kier molecular flexibility index (Phi) is 8.96. The second kappa shape index (κ2) is 11.9. The highest BCUT2D eigenvalue weighted by molar-refractivity contribution is 7.92. The van der Waals surface area contributed by atoms with Crippen LogP contribution in [-0.2, 0) is 21.2 Å². The minimum absolute atomic E-state index is 0.104. The van der Waals surface area contributed by atoms with E-state index in [1.807, 2.05) is 38.1 Å². The minimum Gasteiger partial charge on any atom is -0.491 e. The lowest BCUT2D eigenvalue weighted by atomic mass is 10.1. The topological polar surface area (TPSA) is 75.7 Å². The number of aryl methyl sites for hydroxylation is 1. The van der Waals surface area contributed by atoms with Crippen LogP contribution in [0.15, 0.2) is 83.8 Å². The number of carbonyl (C=O) groups is 1. The summed E-state index contributed by atoms with van der Waals surface area (Å²) in [5.41, 5.74) is 1.47. The first-order valence-electron chi connectivity index (χ1n) is 11.1. The molecule has 0 unspecified atom stereocenters. The molecule has 0 aliphatic carbocycles. The number of benzene rings is 3. The molecular weight excluding hydrogens is 472 g/mol. The van der Waals surface area contributed by atoms with E-state index in [1.54, 1.807) is 36.4 Å². The maximum atomic E-state index is 13.3. The van der Waals surface area contributed by atoms with E-state index < -0.39 is 10.0 Å².